The molecule has 0 spiro atoms. The van der Waals surface area contributed by atoms with Crippen molar-refractivity contribution in [3.05, 3.63) is 63.6 Å². The van der Waals surface area contributed by atoms with Crippen LogP contribution < -0.4 is 10.1 Å². The summed E-state index contributed by atoms with van der Waals surface area (Å²) in [7, 11) is 1.66. The van der Waals surface area contributed by atoms with E-state index in [1.165, 1.54) is 5.56 Å². The minimum Gasteiger partial charge on any atom is -0.497 e. The summed E-state index contributed by atoms with van der Waals surface area (Å²) in [5.74, 6) is 0.860. The van der Waals surface area contributed by atoms with Crippen molar-refractivity contribution in [2.75, 3.05) is 7.11 Å². The third kappa shape index (κ3) is 3.66. The van der Waals surface area contributed by atoms with Crippen LogP contribution in [0, 0.1) is 0 Å². The maximum Gasteiger partial charge on any atom is 0.118 e. The van der Waals surface area contributed by atoms with Crippen LogP contribution in [0.1, 0.15) is 24.1 Å². The van der Waals surface area contributed by atoms with Gasteiger partial charge < -0.3 is 10.1 Å². The topological polar surface area (TPSA) is 21.3 Å². The summed E-state index contributed by atoms with van der Waals surface area (Å²) in [6.45, 7) is 2.78. The van der Waals surface area contributed by atoms with E-state index in [4.69, 9.17) is 27.9 Å². The molecule has 4 heteroatoms. The monoisotopic (exact) mass is 309 g/mol. The third-order valence-corrected chi connectivity index (χ3v) is 4.10. The van der Waals surface area contributed by atoms with Crippen LogP contribution >= 0.6 is 23.2 Å². The van der Waals surface area contributed by atoms with Crippen LogP contribution in [-0.2, 0) is 6.54 Å². The molecule has 2 aromatic rings. The second kappa shape index (κ2) is 6.98. The van der Waals surface area contributed by atoms with Crippen molar-refractivity contribution in [2.45, 2.75) is 19.5 Å². The molecule has 20 heavy (non-hydrogen) atoms. The van der Waals surface area contributed by atoms with Gasteiger partial charge in [-0.25, -0.2) is 0 Å². The van der Waals surface area contributed by atoms with Gasteiger partial charge >= 0.3 is 0 Å². The van der Waals surface area contributed by atoms with E-state index >= 15 is 0 Å². The first-order valence-electron chi connectivity index (χ1n) is 6.42. The molecule has 1 atom stereocenters. The largest absolute Gasteiger partial charge is 0.497 e. The number of ether oxygens (including phenoxy) is 1. The molecule has 0 heterocycles. The Balaban J connectivity index is 2.00. The molecular weight excluding hydrogens is 293 g/mol. The summed E-state index contributed by atoms with van der Waals surface area (Å²) in [5, 5.41) is 4.64. The van der Waals surface area contributed by atoms with Crippen molar-refractivity contribution in [2.24, 2.45) is 0 Å². The summed E-state index contributed by atoms with van der Waals surface area (Å²) >= 11 is 12.2. The quantitative estimate of drug-likeness (QED) is 0.852. The maximum atomic E-state index is 6.17. The van der Waals surface area contributed by atoms with Gasteiger partial charge in [-0.2, -0.15) is 0 Å². The van der Waals surface area contributed by atoms with Crippen LogP contribution in [0.3, 0.4) is 0 Å². The molecule has 1 N–H and O–H groups in total. The van der Waals surface area contributed by atoms with Crippen LogP contribution in [-0.4, -0.2) is 7.11 Å². The highest BCUT2D eigenvalue weighted by Crippen LogP contribution is 2.26. The smallest absolute Gasteiger partial charge is 0.118 e. The van der Waals surface area contributed by atoms with Gasteiger partial charge in [0.15, 0.2) is 0 Å². The van der Waals surface area contributed by atoms with E-state index in [-0.39, 0.29) is 6.04 Å². The molecule has 2 nitrogen and oxygen atoms in total. The molecule has 0 amide bonds. The number of nitrogens with one attached hydrogen (secondary N) is 1. The van der Waals surface area contributed by atoms with Gasteiger partial charge in [0.25, 0.3) is 0 Å². The lowest BCUT2D eigenvalue weighted by Gasteiger charge is -2.15. The van der Waals surface area contributed by atoms with Crippen LogP contribution in [0.4, 0.5) is 0 Å². The highest BCUT2D eigenvalue weighted by Gasteiger charge is 2.08. The fraction of sp³-hybridized carbons (Fsp3) is 0.250. The lowest BCUT2D eigenvalue weighted by molar-refractivity contribution is 0.414. The van der Waals surface area contributed by atoms with Crippen molar-refractivity contribution in [1.82, 2.24) is 5.32 Å². The van der Waals surface area contributed by atoms with E-state index in [1.807, 2.05) is 24.3 Å². The van der Waals surface area contributed by atoms with Crippen LogP contribution in [0.5, 0.6) is 5.75 Å². The molecule has 0 fully saturated rings. The fourth-order valence-electron chi connectivity index (χ4n) is 1.96. The maximum absolute atomic E-state index is 6.17. The van der Waals surface area contributed by atoms with Crippen molar-refractivity contribution < 1.29 is 4.74 Å². The lowest BCUT2D eigenvalue weighted by atomic mass is 10.1. The van der Waals surface area contributed by atoms with Crippen LogP contribution in [0.2, 0.25) is 10.0 Å². The summed E-state index contributed by atoms with van der Waals surface area (Å²) < 4.78 is 5.15. The number of hydrogen-bond acceptors (Lipinski definition) is 2. The van der Waals surface area contributed by atoms with Gasteiger partial charge in [0, 0.05) is 12.6 Å². The first-order chi connectivity index (χ1) is 9.61. The normalized spacial score (nSPS) is 12.2. The lowest BCUT2D eigenvalue weighted by Crippen LogP contribution is -2.18. The molecule has 0 aliphatic heterocycles. The Morgan fingerprint density at radius 1 is 1.10 bits per heavy atom. The zero-order chi connectivity index (χ0) is 14.5. The molecule has 0 radical (unpaired) electrons. The van der Waals surface area contributed by atoms with Gasteiger partial charge in [0.05, 0.1) is 17.2 Å². The Bertz CT molecular complexity index is 569. The van der Waals surface area contributed by atoms with Crippen molar-refractivity contribution in [3.8, 4) is 5.75 Å². The van der Waals surface area contributed by atoms with E-state index < -0.39 is 0 Å². The zero-order valence-electron chi connectivity index (χ0n) is 11.5. The molecule has 0 aromatic heterocycles. The van der Waals surface area contributed by atoms with Crippen molar-refractivity contribution in [1.29, 1.82) is 0 Å². The van der Waals surface area contributed by atoms with Gasteiger partial charge in [0.2, 0.25) is 0 Å². The summed E-state index contributed by atoms with van der Waals surface area (Å²) in [6, 6.07) is 13.9. The number of benzene rings is 2. The molecule has 2 aromatic carbocycles. The molecule has 106 valence electrons. The molecule has 0 aliphatic carbocycles. The Kier molecular flexibility index (Phi) is 5.30. The highest BCUT2D eigenvalue weighted by molar-refractivity contribution is 6.42. The Hall–Kier alpha value is -1.22. The van der Waals surface area contributed by atoms with E-state index in [1.54, 1.807) is 13.2 Å². The second-order valence-corrected chi connectivity index (χ2v) is 5.37. The summed E-state index contributed by atoms with van der Waals surface area (Å²) in [4.78, 5) is 0. The Morgan fingerprint density at radius 2 is 1.80 bits per heavy atom. The Morgan fingerprint density at radius 3 is 2.45 bits per heavy atom. The molecule has 0 aliphatic rings. The second-order valence-electron chi connectivity index (χ2n) is 4.59. The minimum absolute atomic E-state index is 0.218. The number of halogens is 2. The summed E-state index contributed by atoms with van der Waals surface area (Å²) in [5.41, 5.74) is 2.20. The highest BCUT2D eigenvalue weighted by atomic mass is 35.5. The summed E-state index contributed by atoms with van der Waals surface area (Å²) in [6.07, 6.45) is 0. The van der Waals surface area contributed by atoms with Crippen molar-refractivity contribution in [3.63, 3.8) is 0 Å². The minimum atomic E-state index is 0.218. The SMILES string of the molecule is COc1ccc(C(C)NCc2cccc(Cl)c2Cl)cc1. The van der Waals surface area contributed by atoms with Crippen LogP contribution in [0.25, 0.3) is 0 Å². The van der Waals surface area contributed by atoms with Gasteiger partial charge in [-0.3, -0.25) is 0 Å². The van der Waals surface area contributed by atoms with E-state index in [0.29, 0.717) is 16.6 Å². The Labute approximate surface area is 129 Å². The molecule has 0 saturated heterocycles. The van der Waals surface area contributed by atoms with E-state index in [2.05, 4.69) is 24.4 Å². The predicted molar refractivity (Wildman–Crippen MR) is 84.7 cm³/mol. The fourth-order valence-corrected chi connectivity index (χ4v) is 2.35. The average molecular weight is 310 g/mol. The van der Waals surface area contributed by atoms with Crippen molar-refractivity contribution >= 4 is 23.2 Å². The van der Waals surface area contributed by atoms with Gasteiger partial charge in [-0.1, -0.05) is 47.5 Å². The van der Waals surface area contributed by atoms with E-state index in [9.17, 15) is 0 Å². The molecule has 0 saturated carbocycles. The zero-order valence-corrected chi connectivity index (χ0v) is 13.0. The molecular formula is C16H17Cl2NO. The van der Waals surface area contributed by atoms with Gasteiger partial charge in [-0.15, -0.1) is 0 Å². The van der Waals surface area contributed by atoms with E-state index in [0.717, 1.165) is 11.3 Å². The number of hydrogen-bond donors (Lipinski definition) is 1. The molecule has 0 bridgehead atoms. The predicted octanol–water partition coefficient (Wildman–Crippen LogP) is 4.85. The molecule has 1 unspecified atom stereocenters. The van der Waals surface area contributed by atoms with Crippen LogP contribution in [0.15, 0.2) is 42.5 Å². The van der Waals surface area contributed by atoms with Gasteiger partial charge in [-0.05, 0) is 36.2 Å². The average Bonchev–Trinajstić information content (AvgIpc) is 2.48. The first kappa shape index (κ1) is 15.2. The molecule has 2 rings (SSSR count). The standard InChI is InChI=1S/C16H17Cl2NO/c1-11(12-6-8-14(20-2)9-7-12)19-10-13-4-3-5-15(17)16(13)18/h3-9,11,19H,10H2,1-2H3. The number of methoxy groups -OCH3 is 1. The number of rotatable bonds is 5. The first-order valence-corrected chi connectivity index (χ1v) is 7.17. The van der Waals surface area contributed by atoms with Gasteiger partial charge in [0.1, 0.15) is 5.75 Å². The third-order valence-electron chi connectivity index (χ3n) is 3.25.